The van der Waals surface area contributed by atoms with E-state index in [0.29, 0.717) is 29.7 Å². The first-order valence-corrected chi connectivity index (χ1v) is 13.2. The lowest BCUT2D eigenvalue weighted by atomic mass is 10.0. The van der Waals surface area contributed by atoms with Crippen LogP contribution < -0.4 is 20.5 Å². The lowest BCUT2D eigenvalue weighted by molar-refractivity contribution is -0.149. The summed E-state index contributed by atoms with van der Waals surface area (Å²) in [7, 11) is 0. The molecule has 14 nitrogen and oxygen atoms in total. The van der Waals surface area contributed by atoms with Crippen LogP contribution in [0.1, 0.15) is 55.0 Å². The number of nitrogens with zero attached hydrogens (tertiary/aromatic N) is 1. The average molecular weight is 605 g/mol. The van der Waals surface area contributed by atoms with E-state index in [1.54, 1.807) is 12.1 Å². The van der Waals surface area contributed by atoms with E-state index in [9.17, 15) is 39.3 Å². The summed E-state index contributed by atoms with van der Waals surface area (Å²) in [4.78, 5) is 63.1. The van der Waals surface area contributed by atoms with E-state index in [1.807, 2.05) is 0 Å². The maximum Gasteiger partial charge on any atom is 0.343 e. The highest BCUT2D eigenvalue weighted by Crippen LogP contribution is 2.35. The van der Waals surface area contributed by atoms with Gasteiger partial charge in [0.2, 0.25) is 0 Å². The number of carbonyl (C=O) groups is 5. The first-order valence-electron chi connectivity index (χ1n) is 13.2. The fourth-order valence-electron chi connectivity index (χ4n) is 4.66. The summed E-state index contributed by atoms with van der Waals surface area (Å²) in [6.07, 6.45) is -0.167. The number of aliphatic carboxylic acids is 2. The Morgan fingerprint density at radius 3 is 2.39 bits per heavy atom. The fraction of sp³-hybridized carbons (Fsp3) is 0.200. The van der Waals surface area contributed by atoms with E-state index in [2.05, 4.69) is 5.32 Å². The van der Waals surface area contributed by atoms with Crippen molar-refractivity contribution in [2.45, 2.75) is 31.8 Å². The Morgan fingerprint density at radius 1 is 1.02 bits per heavy atom. The van der Waals surface area contributed by atoms with Crippen molar-refractivity contribution in [3.63, 3.8) is 0 Å². The topological polar surface area (TPSA) is 230 Å². The molecule has 1 atom stereocenters. The molecule has 228 valence electrons. The second-order valence-corrected chi connectivity index (χ2v) is 9.77. The first-order chi connectivity index (χ1) is 20.9. The molecule has 4 rings (SSSR count). The molecule has 3 aromatic rings. The van der Waals surface area contributed by atoms with Gasteiger partial charge in [0.1, 0.15) is 6.04 Å². The molecule has 0 aliphatic carbocycles. The number of amides is 1. The average Bonchev–Trinajstić information content (AvgIpc) is 2.96. The Hall–Kier alpha value is -5.92. The van der Waals surface area contributed by atoms with Gasteiger partial charge in [0, 0.05) is 12.2 Å². The Kier molecular flexibility index (Phi) is 9.43. The standard InChI is InChI=1S/C30H28N4O10/c31-30(32)33-19-10-11-20-18(13-19)3-2-12-43-25-21(4-1-5-23(25)44-29(20)42)26(37)34(22(28(40)41)14-24(35)36)15-16-6-8-17(9-7-16)27(38)39/h1,4-11,13,22H,2-3,12,14-15H2,(H,35,36)(H,38,39)(H,40,41)(H4,31,32,33)/t22-/m0/s1. The molecule has 1 heterocycles. The normalized spacial score (nSPS) is 13.1. The summed E-state index contributed by atoms with van der Waals surface area (Å²) in [6, 6.07) is 12.4. The molecule has 0 fully saturated rings. The van der Waals surface area contributed by atoms with Crippen LogP contribution in [0.4, 0.5) is 5.69 Å². The first kappa shape index (κ1) is 31.0. The zero-order valence-electron chi connectivity index (χ0n) is 23.1. The highest BCUT2D eigenvalue weighted by Gasteiger charge is 2.35. The smallest absolute Gasteiger partial charge is 0.343 e. The highest BCUT2D eigenvalue weighted by atomic mass is 16.6. The van der Waals surface area contributed by atoms with E-state index in [1.165, 1.54) is 48.5 Å². The van der Waals surface area contributed by atoms with Gasteiger partial charge in [0.15, 0.2) is 17.5 Å². The van der Waals surface area contributed by atoms with E-state index < -0.39 is 42.2 Å². The van der Waals surface area contributed by atoms with Crippen LogP contribution in [0.25, 0.3) is 0 Å². The number of aromatic carboxylic acids is 1. The number of nitrogens with two attached hydrogens (primary N) is 1. The van der Waals surface area contributed by atoms with Crippen LogP contribution >= 0.6 is 0 Å². The van der Waals surface area contributed by atoms with Crippen molar-refractivity contribution in [1.29, 1.82) is 5.41 Å². The van der Waals surface area contributed by atoms with Crippen LogP contribution in [0.5, 0.6) is 11.5 Å². The minimum Gasteiger partial charge on any atom is -0.489 e. The number of guanidine groups is 1. The minimum atomic E-state index is -1.80. The number of nitrogens with one attached hydrogen (secondary N) is 2. The van der Waals surface area contributed by atoms with Gasteiger partial charge >= 0.3 is 23.9 Å². The maximum atomic E-state index is 14.0. The second-order valence-electron chi connectivity index (χ2n) is 9.77. The molecule has 0 saturated heterocycles. The second kappa shape index (κ2) is 13.4. The van der Waals surface area contributed by atoms with Crippen molar-refractivity contribution in [3.8, 4) is 11.5 Å². The number of hydrogen-bond acceptors (Lipinski definition) is 8. The Morgan fingerprint density at radius 2 is 1.75 bits per heavy atom. The van der Waals surface area contributed by atoms with Crippen LogP contribution in [0, 0.1) is 5.41 Å². The molecule has 0 saturated carbocycles. The number of carboxylic acid groups (broad SMARTS) is 3. The van der Waals surface area contributed by atoms with Gasteiger partial charge in [0.05, 0.1) is 29.7 Å². The summed E-state index contributed by atoms with van der Waals surface area (Å²) >= 11 is 0. The molecule has 1 aliphatic heterocycles. The van der Waals surface area contributed by atoms with Gasteiger partial charge in [-0.15, -0.1) is 0 Å². The Bertz CT molecular complexity index is 1640. The van der Waals surface area contributed by atoms with Crippen molar-refractivity contribution in [2.24, 2.45) is 5.73 Å². The van der Waals surface area contributed by atoms with Crippen molar-refractivity contribution in [3.05, 3.63) is 88.5 Å². The third-order valence-corrected chi connectivity index (χ3v) is 6.70. The number of carboxylic acids is 3. The zero-order valence-corrected chi connectivity index (χ0v) is 23.1. The molecular weight excluding hydrogens is 576 g/mol. The molecule has 0 bridgehead atoms. The number of benzene rings is 3. The Balaban J connectivity index is 1.73. The number of para-hydroxylation sites is 1. The molecule has 44 heavy (non-hydrogen) atoms. The summed E-state index contributed by atoms with van der Waals surface area (Å²) in [5.41, 5.74) is 6.89. The molecule has 3 aromatic carbocycles. The van der Waals surface area contributed by atoms with Gasteiger partial charge in [-0.2, -0.15) is 0 Å². The van der Waals surface area contributed by atoms with E-state index in [4.69, 9.17) is 20.6 Å². The van der Waals surface area contributed by atoms with Gasteiger partial charge in [-0.05, 0) is 66.4 Å². The predicted octanol–water partition coefficient (Wildman–Crippen LogP) is 2.80. The number of ether oxygens (including phenoxy) is 2. The van der Waals surface area contributed by atoms with Crippen molar-refractivity contribution < 1.29 is 48.8 Å². The minimum absolute atomic E-state index is 0.0356. The number of carbonyl (C=O) groups excluding carboxylic acids is 2. The third kappa shape index (κ3) is 7.28. The van der Waals surface area contributed by atoms with Crippen LogP contribution in [0.15, 0.2) is 60.7 Å². The van der Waals surface area contributed by atoms with E-state index in [-0.39, 0.29) is 47.3 Å². The number of anilines is 1. The van der Waals surface area contributed by atoms with Gasteiger partial charge in [-0.25, -0.2) is 14.4 Å². The molecule has 14 heteroatoms. The summed E-state index contributed by atoms with van der Waals surface area (Å²) < 4.78 is 11.5. The van der Waals surface area contributed by atoms with Gasteiger partial charge in [-0.3, -0.25) is 15.0 Å². The number of fused-ring (bicyclic) bond motifs is 2. The van der Waals surface area contributed by atoms with E-state index in [0.717, 1.165) is 4.90 Å². The maximum absolute atomic E-state index is 14.0. The Labute approximate surface area is 250 Å². The van der Waals surface area contributed by atoms with Crippen molar-refractivity contribution in [1.82, 2.24) is 4.90 Å². The summed E-state index contributed by atoms with van der Waals surface area (Å²) in [5.74, 6) is -6.40. The summed E-state index contributed by atoms with van der Waals surface area (Å²) in [6.45, 7) is -0.316. The number of aryl methyl sites for hydroxylation is 1. The number of esters is 1. The number of rotatable bonds is 9. The molecule has 1 aliphatic rings. The lowest BCUT2D eigenvalue weighted by Gasteiger charge is -2.29. The molecule has 0 aromatic heterocycles. The molecule has 7 N–H and O–H groups in total. The van der Waals surface area contributed by atoms with Crippen LogP contribution in [-0.2, 0) is 22.6 Å². The van der Waals surface area contributed by atoms with Gasteiger partial charge in [-0.1, -0.05) is 18.2 Å². The largest absolute Gasteiger partial charge is 0.489 e. The third-order valence-electron chi connectivity index (χ3n) is 6.70. The van der Waals surface area contributed by atoms with Crippen LogP contribution in [0.3, 0.4) is 0 Å². The quantitative estimate of drug-likeness (QED) is 0.0896. The zero-order chi connectivity index (χ0) is 32.0. The lowest BCUT2D eigenvalue weighted by Crippen LogP contribution is -2.46. The van der Waals surface area contributed by atoms with Crippen molar-refractivity contribution >= 4 is 41.4 Å². The molecule has 1 amide bonds. The van der Waals surface area contributed by atoms with Gasteiger partial charge < -0.3 is 40.7 Å². The number of hydrogen-bond donors (Lipinski definition) is 6. The molecule has 0 unspecified atom stereocenters. The predicted molar refractivity (Wildman–Crippen MR) is 154 cm³/mol. The fourth-order valence-corrected chi connectivity index (χ4v) is 4.66. The molecular formula is C30H28N4O10. The van der Waals surface area contributed by atoms with Crippen LogP contribution in [-0.4, -0.2) is 68.6 Å². The van der Waals surface area contributed by atoms with E-state index >= 15 is 0 Å². The molecule has 0 radical (unpaired) electrons. The summed E-state index contributed by atoms with van der Waals surface area (Å²) in [5, 5.41) is 38.6. The molecule has 0 spiro atoms. The monoisotopic (exact) mass is 604 g/mol. The SMILES string of the molecule is N=C(N)Nc1ccc2c(c1)CCCOc1c(cccc1C(=O)N(Cc1ccc(C(=O)O)cc1)[C@@H](CC(=O)O)C(=O)O)OC2=O. The van der Waals surface area contributed by atoms with Crippen molar-refractivity contribution in [2.75, 3.05) is 11.9 Å². The van der Waals surface area contributed by atoms with Crippen LogP contribution in [0.2, 0.25) is 0 Å². The van der Waals surface area contributed by atoms with Gasteiger partial charge in [0.25, 0.3) is 5.91 Å². The highest BCUT2D eigenvalue weighted by molar-refractivity contribution is 6.01.